The summed E-state index contributed by atoms with van der Waals surface area (Å²) in [6, 6.07) is 18.9. The normalized spacial score (nSPS) is 20.7. The van der Waals surface area contributed by atoms with Crippen molar-refractivity contribution < 1.29 is 19.4 Å². The fourth-order valence-corrected chi connectivity index (χ4v) is 3.54. The van der Waals surface area contributed by atoms with Crippen molar-refractivity contribution in [3.63, 3.8) is 0 Å². The summed E-state index contributed by atoms with van der Waals surface area (Å²) in [6.07, 6.45) is -0.704. The summed E-state index contributed by atoms with van der Waals surface area (Å²) in [5, 5.41) is 9.63. The number of carbonyl (C=O) groups is 2. The highest BCUT2D eigenvalue weighted by Gasteiger charge is 2.42. The quantitative estimate of drug-likeness (QED) is 0.867. The largest absolute Gasteiger partial charge is 0.481 e. The van der Waals surface area contributed by atoms with E-state index >= 15 is 0 Å². The topological polar surface area (TPSA) is 66.8 Å². The maximum atomic E-state index is 13.1. The zero-order chi connectivity index (χ0) is 18.5. The third-order valence-electron chi connectivity index (χ3n) is 4.84. The number of nitrogens with zero attached hydrogens (tertiary/aromatic N) is 1. The number of rotatable bonds is 6. The van der Waals surface area contributed by atoms with Crippen LogP contribution >= 0.6 is 0 Å². The van der Waals surface area contributed by atoms with E-state index in [-0.39, 0.29) is 18.4 Å². The van der Waals surface area contributed by atoms with E-state index < -0.39 is 18.0 Å². The van der Waals surface area contributed by atoms with Gasteiger partial charge in [-0.05, 0) is 18.1 Å². The molecule has 1 aliphatic heterocycles. The third-order valence-corrected chi connectivity index (χ3v) is 4.84. The summed E-state index contributed by atoms with van der Waals surface area (Å²) >= 11 is 0. The van der Waals surface area contributed by atoms with Gasteiger partial charge in [0.25, 0.3) is 5.91 Å². The number of hydrogen-bond donors (Lipinski definition) is 1. The van der Waals surface area contributed by atoms with E-state index in [1.807, 2.05) is 67.6 Å². The molecule has 0 bridgehead atoms. The average molecular weight is 353 g/mol. The average Bonchev–Trinajstić information content (AvgIpc) is 3.13. The van der Waals surface area contributed by atoms with Crippen LogP contribution in [0.4, 0.5) is 0 Å². The van der Waals surface area contributed by atoms with Crippen molar-refractivity contribution in [3.05, 3.63) is 71.8 Å². The van der Waals surface area contributed by atoms with Crippen LogP contribution in [0.5, 0.6) is 0 Å². The lowest BCUT2D eigenvalue weighted by molar-refractivity contribution is -0.144. The molecule has 2 aromatic rings. The lowest BCUT2D eigenvalue weighted by atomic mass is 9.89. The zero-order valence-corrected chi connectivity index (χ0v) is 14.7. The Hall–Kier alpha value is -2.66. The van der Waals surface area contributed by atoms with Crippen LogP contribution in [0.2, 0.25) is 0 Å². The molecule has 0 spiro atoms. The molecule has 0 radical (unpaired) electrons. The van der Waals surface area contributed by atoms with Crippen LogP contribution in [0.3, 0.4) is 0 Å². The van der Waals surface area contributed by atoms with Gasteiger partial charge in [-0.25, -0.2) is 0 Å². The molecule has 3 rings (SSSR count). The van der Waals surface area contributed by atoms with Gasteiger partial charge < -0.3 is 14.7 Å². The van der Waals surface area contributed by atoms with Crippen molar-refractivity contribution in [3.8, 4) is 0 Å². The molecule has 26 heavy (non-hydrogen) atoms. The lowest BCUT2D eigenvalue weighted by Gasteiger charge is -2.24. The maximum absolute atomic E-state index is 13.1. The summed E-state index contributed by atoms with van der Waals surface area (Å²) in [7, 11) is 0. The Kier molecular flexibility index (Phi) is 5.68. The number of carboxylic acid groups (broad SMARTS) is 1. The first kappa shape index (κ1) is 18.1. The van der Waals surface area contributed by atoms with Crippen molar-refractivity contribution in [2.75, 3.05) is 19.7 Å². The van der Waals surface area contributed by atoms with Gasteiger partial charge in [-0.3, -0.25) is 9.59 Å². The van der Waals surface area contributed by atoms with E-state index in [0.29, 0.717) is 13.2 Å². The molecule has 1 amide bonds. The SMILES string of the molecule is CCOC(C(=O)N1C[C@H](C(=O)O)[C@H](c2ccccc2)C1)c1ccccc1. The number of ether oxygens (including phenoxy) is 1. The van der Waals surface area contributed by atoms with E-state index in [1.54, 1.807) is 4.90 Å². The molecule has 0 aromatic heterocycles. The monoisotopic (exact) mass is 353 g/mol. The number of likely N-dealkylation sites (tertiary alicyclic amines) is 1. The number of amides is 1. The van der Waals surface area contributed by atoms with Crippen LogP contribution in [-0.4, -0.2) is 41.6 Å². The van der Waals surface area contributed by atoms with Gasteiger partial charge in [0.05, 0.1) is 5.92 Å². The summed E-state index contributed by atoms with van der Waals surface area (Å²) in [5.74, 6) is -1.88. The molecule has 0 aliphatic carbocycles. The minimum absolute atomic E-state index is 0.178. The molecule has 1 N–H and O–H groups in total. The molecular formula is C21H23NO4. The molecule has 1 fully saturated rings. The van der Waals surface area contributed by atoms with Gasteiger partial charge in [-0.15, -0.1) is 0 Å². The smallest absolute Gasteiger partial charge is 0.308 e. The van der Waals surface area contributed by atoms with Gasteiger partial charge in [-0.2, -0.15) is 0 Å². The lowest BCUT2D eigenvalue weighted by Crippen LogP contribution is -2.35. The van der Waals surface area contributed by atoms with Gasteiger partial charge in [0.1, 0.15) is 0 Å². The van der Waals surface area contributed by atoms with Crippen molar-refractivity contribution in [1.29, 1.82) is 0 Å². The van der Waals surface area contributed by atoms with Gasteiger partial charge >= 0.3 is 5.97 Å². The fourth-order valence-electron chi connectivity index (χ4n) is 3.54. The van der Waals surface area contributed by atoms with Crippen LogP contribution in [0.25, 0.3) is 0 Å². The van der Waals surface area contributed by atoms with E-state index in [1.165, 1.54) is 0 Å². The van der Waals surface area contributed by atoms with E-state index in [9.17, 15) is 14.7 Å². The van der Waals surface area contributed by atoms with Crippen molar-refractivity contribution >= 4 is 11.9 Å². The molecule has 136 valence electrons. The molecule has 5 nitrogen and oxygen atoms in total. The number of carboxylic acids is 1. The van der Waals surface area contributed by atoms with Gasteiger partial charge in [0.2, 0.25) is 0 Å². The summed E-state index contributed by atoms with van der Waals surface area (Å²) in [6.45, 7) is 2.84. The first-order valence-corrected chi connectivity index (χ1v) is 8.85. The molecule has 0 saturated carbocycles. The summed E-state index contributed by atoms with van der Waals surface area (Å²) in [5.41, 5.74) is 1.73. The van der Waals surface area contributed by atoms with Gasteiger partial charge in [-0.1, -0.05) is 60.7 Å². The van der Waals surface area contributed by atoms with Crippen LogP contribution < -0.4 is 0 Å². The first-order chi connectivity index (χ1) is 12.6. The van der Waals surface area contributed by atoms with Crippen LogP contribution in [0.15, 0.2) is 60.7 Å². The van der Waals surface area contributed by atoms with Crippen molar-refractivity contribution in [1.82, 2.24) is 4.90 Å². The number of carbonyl (C=O) groups excluding carboxylic acids is 1. The number of benzene rings is 2. The van der Waals surface area contributed by atoms with Gasteiger partial charge in [0.15, 0.2) is 6.10 Å². The van der Waals surface area contributed by atoms with Crippen LogP contribution in [-0.2, 0) is 14.3 Å². The molecular weight excluding hydrogens is 330 g/mol. The summed E-state index contributed by atoms with van der Waals surface area (Å²) in [4.78, 5) is 26.5. The second-order valence-corrected chi connectivity index (χ2v) is 6.45. The van der Waals surface area contributed by atoms with Crippen LogP contribution in [0.1, 0.15) is 30.1 Å². The highest BCUT2D eigenvalue weighted by atomic mass is 16.5. The van der Waals surface area contributed by atoms with E-state index in [2.05, 4.69) is 0 Å². The van der Waals surface area contributed by atoms with Gasteiger partial charge in [0, 0.05) is 25.6 Å². The standard InChI is InChI=1S/C21H23NO4/c1-2-26-19(16-11-7-4-8-12-16)20(23)22-13-17(18(14-22)21(24)25)15-9-5-3-6-10-15/h3-12,17-19H,2,13-14H2,1H3,(H,24,25)/t17-,18-,19?/m0/s1. The second-order valence-electron chi connectivity index (χ2n) is 6.45. The first-order valence-electron chi connectivity index (χ1n) is 8.85. The Balaban J connectivity index is 1.84. The fraction of sp³-hybridized carbons (Fsp3) is 0.333. The molecule has 1 heterocycles. The minimum atomic E-state index is -0.873. The molecule has 3 atom stereocenters. The molecule has 1 saturated heterocycles. The Bertz CT molecular complexity index is 747. The third kappa shape index (κ3) is 3.78. The van der Waals surface area contributed by atoms with E-state index in [0.717, 1.165) is 11.1 Å². The second kappa shape index (κ2) is 8.15. The Morgan fingerprint density at radius 1 is 1.08 bits per heavy atom. The number of aliphatic carboxylic acids is 1. The summed E-state index contributed by atoms with van der Waals surface area (Å²) < 4.78 is 5.70. The van der Waals surface area contributed by atoms with Crippen LogP contribution in [0, 0.1) is 5.92 Å². The molecule has 2 aromatic carbocycles. The molecule has 1 unspecified atom stereocenters. The highest BCUT2D eigenvalue weighted by Crippen LogP contribution is 2.34. The Labute approximate surface area is 153 Å². The van der Waals surface area contributed by atoms with Crippen molar-refractivity contribution in [2.45, 2.75) is 18.9 Å². The number of hydrogen-bond acceptors (Lipinski definition) is 3. The molecule has 5 heteroatoms. The predicted octanol–water partition coefficient (Wildman–Crippen LogP) is 3.09. The Morgan fingerprint density at radius 2 is 1.69 bits per heavy atom. The minimum Gasteiger partial charge on any atom is -0.481 e. The Morgan fingerprint density at radius 3 is 2.27 bits per heavy atom. The highest BCUT2D eigenvalue weighted by molar-refractivity contribution is 5.84. The zero-order valence-electron chi connectivity index (χ0n) is 14.7. The predicted molar refractivity (Wildman–Crippen MR) is 97.7 cm³/mol. The molecule has 1 aliphatic rings. The maximum Gasteiger partial charge on any atom is 0.308 e. The van der Waals surface area contributed by atoms with Crippen molar-refractivity contribution in [2.24, 2.45) is 5.92 Å². The van der Waals surface area contributed by atoms with E-state index in [4.69, 9.17) is 4.74 Å².